The van der Waals surface area contributed by atoms with Gasteiger partial charge in [0.05, 0.1) is 17.3 Å². The summed E-state index contributed by atoms with van der Waals surface area (Å²) < 4.78 is 13.3. The maximum atomic E-state index is 13.3. The lowest BCUT2D eigenvalue weighted by Crippen LogP contribution is -2.06. The average molecular weight is 207 g/mol. The van der Waals surface area contributed by atoms with Crippen molar-refractivity contribution in [3.05, 3.63) is 29.6 Å². The summed E-state index contributed by atoms with van der Waals surface area (Å²) in [6, 6.07) is 6.29. The molecule has 0 saturated heterocycles. The predicted molar refractivity (Wildman–Crippen MR) is 57.9 cm³/mol. The second kappa shape index (κ2) is 5.99. The minimum atomic E-state index is -0.387. The van der Waals surface area contributed by atoms with Gasteiger partial charge in [-0.2, -0.15) is 5.26 Å². The quantitative estimate of drug-likeness (QED) is 0.724. The van der Waals surface area contributed by atoms with Crippen LogP contribution in [0.15, 0.2) is 18.2 Å². The lowest BCUT2D eigenvalue weighted by atomic mass is 10.2. The first-order chi connectivity index (χ1) is 7.27. The predicted octanol–water partition coefficient (Wildman–Crippen LogP) is 1.85. The molecule has 0 aromatic heterocycles. The molecule has 0 aliphatic heterocycles. The van der Waals surface area contributed by atoms with Gasteiger partial charge in [0.15, 0.2) is 0 Å². The molecule has 0 spiro atoms. The Morgan fingerprint density at radius 3 is 2.80 bits per heavy atom. The highest BCUT2D eigenvalue weighted by Crippen LogP contribution is 2.15. The Bertz CT molecular complexity index is 357. The van der Waals surface area contributed by atoms with Gasteiger partial charge >= 0.3 is 0 Å². The molecule has 0 unspecified atom stereocenters. The molecule has 0 aliphatic rings. The number of nitrogens with zero attached hydrogens (tertiary/aromatic N) is 1. The number of nitriles is 1. The summed E-state index contributed by atoms with van der Waals surface area (Å²) in [5, 5.41) is 11.5. The number of anilines is 1. The molecule has 3 N–H and O–H groups in total. The largest absolute Gasteiger partial charge is 0.383 e. The number of hydrogen-bond acceptors (Lipinski definition) is 3. The third-order valence-electron chi connectivity index (χ3n) is 2.04. The van der Waals surface area contributed by atoms with Gasteiger partial charge < -0.3 is 11.1 Å². The van der Waals surface area contributed by atoms with Crippen LogP contribution in [-0.4, -0.2) is 13.1 Å². The minimum absolute atomic E-state index is 0.333. The molecule has 0 saturated carbocycles. The fraction of sp³-hybridized carbons (Fsp3) is 0.364. The van der Waals surface area contributed by atoms with Gasteiger partial charge in [0.25, 0.3) is 0 Å². The zero-order valence-electron chi connectivity index (χ0n) is 8.46. The van der Waals surface area contributed by atoms with Gasteiger partial charge in [0.1, 0.15) is 5.82 Å². The Balaban J connectivity index is 2.52. The molecule has 0 atom stereocenters. The van der Waals surface area contributed by atoms with E-state index in [2.05, 4.69) is 5.32 Å². The molecule has 4 heteroatoms. The van der Waals surface area contributed by atoms with Gasteiger partial charge in [-0.15, -0.1) is 0 Å². The van der Waals surface area contributed by atoms with Gasteiger partial charge in [-0.05, 0) is 37.6 Å². The molecular formula is C11H14FN3. The Morgan fingerprint density at radius 1 is 1.40 bits per heavy atom. The van der Waals surface area contributed by atoms with Crippen molar-refractivity contribution in [3.8, 4) is 6.07 Å². The van der Waals surface area contributed by atoms with E-state index in [1.165, 1.54) is 6.07 Å². The van der Waals surface area contributed by atoms with Crippen LogP contribution in [0.5, 0.6) is 0 Å². The van der Waals surface area contributed by atoms with Crippen molar-refractivity contribution in [2.45, 2.75) is 12.8 Å². The zero-order valence-corrected chi connectivity index (χ0v) is 8.46. The molecule has 80 valence electrons. The van der Waals surface area contributed by atoms with Crippen molar-refractivity contribution in [2.24, 2.45) is 5.73 Å². The Labute approximate surface area is 88.7 Å². The van der Waals surface area contributed by atoms with Crippen molar-refractivity contribution in [1.29, 1.82) is 5.26 Å². The minimum Gasteiger partial charge on any atom is -0.383 e. The summed E-state index contributed by atoms with van der Waals surface area (Å²) in [6.07, 6.45) is 1.83. The summed E-state index contributed by atoms with van der Waals surface area (Å²) in [5.74, 6) is -0.387. The standard InChI is InChI=1S/C11H14FN3/c12-10-7-9(8-14)3-4-11(10)15-6-2-1-5-13/h3-4,7,15H,1-2,5-6,13H2. The number of unbranched alkanes of at least 4 members (excludes halogenated alkanes) is 1. The van der Waals surface area contributed by atoms with Crippen LogP contribution in [0.25, 0.3) is 0 Å². The van der Waals surface area contributed by atoms with Crippen LogP contribution in [0.1, 0.15) is 18.4 Å². The first-order valence-electron chi connectivity index (χ1n) is 4.91. The summed E-state index contributed by atoms with van der Waals surface area (Å²) in [6.45, 7) is 1.34. The van der Waals surface area contributed by atoms with E-state index in [1.807, 2.05) is 6.07 Å². The first kappa shape index (κ1) is 11.5. The maximum Gasteiger partial charge on any atom is 0.147 e. The molecule has 15 heavy (non-hydrogen) atoms. The highest BCUT2D eigenvalue weighted by atomic mass is 19.1. The summed E-state index contributed by atoms with van der Waals surface area (Å²) in [5.41, 5.74) is 6.11. The van der Waals surface area contributed by atoms with Gasteiger partial charge in [0.2, 0.25) is 0 Å². The summed E-state index contributed by atoms with van der Waals surface area (Å²) in [7, 11) is 0. The molecule has 0 radical (unpaired) electrons. The van der Waals surface area contributed by atoms with Crippen molar-refractivity contribution >= 4 is 5.69 Å². The molecule has 0 heterocycles. The first-order valence-corrected chi connectivity index (χ1v) is 4.91. The van der Waals surface area contributed by atoms with Crippen LogP contribution in [0.2, 0.25) is 0 Å². The Hall–Kier alpha value is -1.60. The van der Waals surface area contributed by atoms with Crippen LogP contribution in [-0.2, 0) is 0 Å². The van der Waals surface area contributed by atoms with Crippen LogP contribution in [0.3, 0.4) is 0 Å². The number of rotatable bonds is 5. The number of halogens is 1. The normalized spacial score (nSPS) is 9.67. The van der Waals surface area contributed by atoms with E-state index in [1.54, 1.807) is 12.1 Å². The highest BCUT2D eigenvalue weighted by Gasteiger charge is 2.01. The molecule has 0 fully saturated rings. The molecule has 0 aliphatic carbocycles. The zero-order chi connectivity index (χ0) is 11.1. The molecule has 1 rings (SSSR count). The van der Waals surface area contributed by atoms with Gasteiger partial charge in [0, 0.05) is 6.54 Å². The smallest absolute Gasteiger partial charge is 0.147 e. The molecule has 1 aromatic rings. The third kappa shape index (κ3) is 3.56. The van der Waals surface area contributed by atoms with E-state index >= 15 is 0 Å². The second-order valence-corrected chi connectivity index (χ2v) is 3.23. The SMILES string of the molecule is N#Cc1ccc(NCCCCN)c(F)c1. The fourth-order valence-corrected chi connectivity index (χ4v) is 1.22. The average Bonchev–Trinajstić information content (AvgIpc) is 2.26. The van der Waals surface area contributed by atoms with E-state index in [4.69, 9.17) is 11.0 Å². The number of nitrogens with one attached hydrogen (secondary N) is 1. The van der Waals surface area contributed by atoms with Crippen LogP contribution in [0, 0.1) is 17.1 Å². The lowest BCUT2D eigenvalue weighted by molar-refractivity contribution is 0.628. The van der Waals surface area contributed by atoms with E-state index in [0.717, 1.165) is 12.8 Å². The number of nitrogens with two attached hydrogens (primary N) is 1. The Kier molecular flexibility index (Phi) is 4.58. The highest BCUT2D eigenvalue weighted by molar-refractivity contribution is 5.48. The Morgan fingerprint density at radius 2 is 2.20 bits per heavy atom. The van der Waals surface area contributed by atoms with Crippen molar-refractivity contribution in [1.82, 2.24) is 0 Å². The molecule has 1 aromatic carbocycles. The van der Waals surface area contributed by atoms with Gasteiger partial charge in [-0.3, -0.25) is 0 Å². The molecule has 0 bridgehead atoms. The summed E-state index contributed by atoms with van der Waals surface area (Å²) >= 11 is 0. The van der Waals surface area contributed by atoms with E-state index < -0.39 is 0 Å². The van der Waals surface area contributed by atoms with Gasteiger partial charge in [-0.1, -0.05) is 0 Å². The van der Waals surface area contributed by atoms with E-state index in [0.29, 0.717) is 24.3 Å². The monoisotopic (exact) mass is 207 g/mol. The van der Waals surface area contributed by atoms with E-state index in [9.17, 15) is 4.39 Å². The topological polar surface area (TPSA) is 61.8 Å². The van der Waals surface area contributed by atoms with Gasteiger partial charge in [-0.25, -0.2) is 4.39 Å². The summed E-state index contributed by atoms with van der Waals surface area (Å²) in [4.78, 5) is 0. The van der Waals surface area contributed by atoms with Crippen LogP contribution in [0.4, 0.5) is 10.1 Å². The molecule has 0 amide bonds. The van der Waals surface area contributed by atoms with Crippen molar-refractivity contribution in [2.75, 3.05) is 18.4 Å². The number of benzene rings is 1. The van der Waals surface area contributed by atoms with Crippen LogP contribution >= 0.6 is 0 Å². The van der Waals surface area contributed by atoms with Crippen LogP contribution < -0.4 is 11.1 Å². The van der Waals surface area contributed by atoms with Crippen molar-refractivity contribution < 1.29 is 4.39 Å². The maximum absolute atomic E-state index is 13.3. The third-order valence-corrected chi connectivity index (χ3v) is 2.04. The van der Waals surface area contributed by atoms with Crippen molar-refractivity contribution in [3.63, 3.8) is 0 Å². The second-order valence-electron chi connectivity index (χ2n) is 3.23. The molecule has 3 nitrogen and oxygen atoms in total. The number of hydrogen-bond donors (Lipinski definition) is 2. The molecular weight excluding hydrogens is 193 g/mol. The lowest BCUT2D eigenvalue weighted by Gasteiger charge is -2.06. The van der Waals surface area contributed by atoms with E-state index in [-0.39, 0.29) is 5.82 Å². The fourth-order valence-electron chi connectivity index (χ4n) is 1.22.